The molecular formula is C24H30ClN5O6S2. The van der Waals surface area contributed by atoms with Gasteiger partial charge in [-0.25, -0.2) is 8.42 Å². The van der Waals surface area contributed by atoms with Gasteiger partial charge >= 0.3 is 0 Å². The Morgan fingerprint density at radius 3 is 2.68 bits per heavy atom. The van der Waals surface area contributed by atoms with E-state index in [0.717, 1.165) is 18.2 Å². The van der Waals surface area contributed by atoms with Crippen molar-refractivity contribution in [1.29, 1.82) is 0 Å². The summed E-state index contributed by atoms with van der Waals surface area (Å²) in [5.41, 5.74) is 0.891. The lowest BCUT2D eigenvalue weighted by atomic mass is 10.1. The number of nitrogens with zero attached hydrogens (tertiary/aromatic N) is 3. The van der Waals surface area contributed by atoms with Crippen LogP contribution in [-0.2, 0) is 19.6 Å². The number of halogens is 1. The second-order valence-corrected chi connectivity index (χ2v) is 12.7. The van der Waals surface area contributed by atoms with Crippen molar-refractivity contribution < 1.29 is 27.3 Å². The van der Waals surface area contributed by atoms with Crippen molar-refractivity contribution in [3.05, 3.63) is 43.8 Å². The van der Waals surface area contributed by atoms with E-state index in [1.165, 1.54) is 22.3 Å². The number of piperidine rings is 1. The minimum absolute atomic E-state index is 0.144. The molecule has 0 spiro atoms. The van der Waals surface area contributed by atoms with Gasteiger partial charge in [0, 0.05) is 36.0 Å². The lowest BCUT2D eigenvalue weighted by Crippen LogP contribution is -2.55. The van der Waals surface area contributed by atoms with Crippen LogP contribution in [0, 0.1) is 13.8 Å². The zero-order valence-corrected chi connectivity index (χ0v) is 23.5. The number of thiophene rings is 1. The Balaban J connectivity index is 1.32. The van der Waals surface area contributed by atoms with Crippen LogP contribution in [0.5, 0.6) is 0 Å². The molecule has 38 heavy (non-hydrogen) atoms. The van der Waals surface area contributed by atoms with Crippen LogP contribution in [0.25, 0.3) is 6.08 Å². The van der Waals surface area contributed by atoms with E-state index in [4.69, 9.17) is 16.1 Å². The fourth-order valence-electron chi connectivity index (χ4n) is 4.76. The van der Waals surface area contributed by atoms with Gasteiger partial charge in [0.15, 0.2) is 0 Å². The maximum atomic E-state index is 13.1. The van der Waals surface area contributed by atoms with Crippen molar-refractivity contribution in [2.45, 2.75) is 51.6 Å². The van der Waals surface area contributed by atoms with E-state index in [-0.39, 0.29) is 30.9 Å². The summed E-state index contributed by atoms with van der Waals surface area (Å²) in [5, 5.41) is 7.67. The summed E-state index contributed by atoms with van der Waals surface area (Å²) in [6.07, 6.45) is 3.85. The van der Waals surface area contributed by atoms with Crippen molar-refractivity contribution in [2.75, 3.05) is 26.2 Å². The number of sulfonamides is 1. The summed E-state index contributed by atoms with van der Waals surface area (Å²) in [7, 11) is -3.88. The molecule has 2 N–H and O–H groups in total. The summed E-state index contributed by atoms with van der Waals surface area (Å²) in [5.74, 6) is -0.536. The third kappa shape index (κ3) is 6.82. The van der Waals surface area contributed by atoms with E-state index in [9.17, 15) is 22.8 Å². The van der Waals surface area contributed by atoms with Crippen molar-refractivity contribution >= 4 is 56.8 Å². The van der Waals surface area contributed by atoms with Gasteiger partial charge in [0.25, 0.3) is 5.91 Å². The van der Waals surface area contributed by atoms with Crippen LogP contribution < -0.4 is 10.0 Å². The highest BCUT2D eigenvalue weighted by Gasteiger charge is 2.35. The molecule has 0 aliphatic carbocycles. The highest BCUT2D eigenvalue weighted by molar-refractivity contribution is 7.92. The Hall–Kier alpha value is -2.74. The lowest BCUT2D eigenvalue weighted by Gasteiger charge is -2.34. The van der Waals surface area contributed by atoms with Crippen molar-refractivity contribution in [3.63, 3.8) is 0 Å². The molecule has 206 valence electrons. The van der Waals surface area contributed by atoms with Gasteiger partial charge < -0.3 is 19.6 Å². The summed E-state index contributed by atoms with van der Waals surface area (Å²) >= 11 is 7.12. The molecule has 0 bridgehead atoms. The highest BCUT2D eigenvalue weighted by Crippen LogP contribution is 2.23. The number of aromatic nitrogens is 1. The minimum atomic E-state index is -3.88. The van der Waals surface area contributed by atoms with Crippen LogP contribution in [-0.4, -0.2) is 79.4 Å². The first-order valence-electron chi connectivity index (χ1n) is 12.3. The molecule has 2 fully saturated rings. The molecule has 0 radical (unpaired) electrons. The zero-order chi connectivity index (χ0) is 27.4. The Morgan fingerprint density at radius 2 is 2.00 bits per heavy atom. The van der Waals surface area contributed by atoms with E-state index in [1.54, 1.807) is 30.9 Å². The smallest absolute Gasteiger partial charge is 0.256 e. The van der Waals surface area contributed by atoms with Crippen LogP contribution in [0.1, 0.15) is 52.4 Å². The van der Waals surface area contributed by atoms with Crippen LogP contribution in [0.3, 0.4) is 0 Å². The maximum absolute atomic E-state index is 13.1. The molecule has 4 rings (SSSR count). The predicted molar refractivity (Wildman–Crippen MR) is 143 cm³/mol. The topological polar surface area (TPSA) is 142 Å². The summed E-state index contributed by atoms with van der Waals surface area (Å²) in [4.78, 5) is 42.5. The highest BCUT2D eigenvalue weighted by atomic mass is 35.5. The van der Waals surface area contributed by atoms with Gasteiger partial charge in [-0.05, 0) is 57.7 Å². The summed E-state index contributed by atoms with van der Waals surface area (Å²) < 4.78 is 33.1. The monoisotopic (exact) mass is 583 g/mol. The SMILES string of the molecule is Cc1noc(C)c1C(=O)NC[C@@H]1CCCN1C(=O)CN1CCC[C@H](NS(=O)(=O)/C=C/c2ccc(Cl)s2)C1=O. The third-order valence-electron chi connectivity index (χ3n) is 6.62. The van der Waals surface area contributed by atoms with Crippen LogP contribution in [0.4, 0.5) is 0 Å². The molecule has 2 aromatic heterocycles. The maximum Gasteiger partial charge on any atom is 0.256 e. The summed E-state index contributed by atoms with van der Waals surface area (Å²) in [6, 6.07) is 2.23. The first-order chi connectivity index (χ1) is 18.0. The number of carbonyl (C=O) groups excluding carboxylic acids is 3. The molecule has 11 nitrogen and oxygen atoms in total. The van der Waals surface area contributed by atoms with E-state index < -0.39 is 22.0 Å². The molecule has 2 aliphatic heterocycles. The number of hydrogen-bond donors (Lipinski definition) is 2. The average Bonchev–Trinajstić information content (AvgIpc) is 3.59. The molecule has 0 unspecified atom stereocenters. The summed E-state index contributed by atoms with van der Waals surface area (Å²) in [6.45, 7) is 4.38. The first kappa shape index (κ1) is 28.3. The van der Waals surface area contributed by atoms with Crippen molar-refractivity contribution in [2.24, 2.45) is 0 Å². The number of nitrogens with one attached hydrogen (secondary N) is 2. The number of likely N-dealkylation sites (tertiary alicyclic amines) is 2. The third-order valence-corrected chi connectivity index (χ3v) is 8.93. The second-order valence-electron chi connectivity index (χ2n) is 9.35. The molecule has 4 heterocycles. The van der Waals surface area contributed by atoms with Gasteiger partial charge in [0.05, 0.1) is 16.6 Å². The number of hydrogen-bond acceptors (Lipinski definition) is 8. The lowest BCUT2D eigenvalue weighted by molar-refractivity contribution is -0.143. The molecule has 3 amide bonds. The zero-order valence-electron chi connectivity index (χ0n) is 21.1. The fourth-order valence-corrected chi connectivity index (χ4v) is 6.82. The van der Waals surface area contributed by atoms with Crippen LogP contribution >= 0.6 is 22.9 Å². The van der Waals surface area contributed by atoms with Crippen molar-refractivity contribution in [3.8, 4) is 0 Å². The Bertz CT molecular complexity index is 1320. The molecule has 2 aliphatic rings. The quantitative estimate of drug-likeness (QED) is 0.461. The minimum Gasteiger partial charge on any atom is -0.361 e. The van der Waals surface area contributed by atoms with Crippen molar-refractivity contribution in [1.82, 2.24) is 25.0 Å². The van der Waals surface area contributed by atoms with Gasteiger partial charge in [-0.3, -0.25) is 14.4 Å². The molecule has 0 aromatic carbocycles. The van der Waals surface area contributed by atoms with Crippen LogP contribution in [0.2, 0.25) is 4.34 Å². The molecule has 2 aromatic rings. The molecule has 14 heteroatoms. The second kappa shape index (κ2) is 12.0. The van der Waals surface area contributed by atoms with Gasteiger partial charge in [-0.2, -0.15) is 4.72 Å². The molecular weight excluding hydrogens is 554 g/mol. The van der Waals surface area contributed by atoms with Crippen LogP contribution in [0.15, 0.2) is 22.1 Å². The van der Waals surface area contributed by atoms with E-state index in [0.29, 0.717) is 52.2 Å². The molecule has 0 saturated carbocycles. The fraction of sp³-hybridized carbons (Fsp3) is 0.500. The molecule has 2 saturated heterocycles. The van der Waals surface area contributed by atoms with Gasteiger partial charge in [-0.15, -0.1) is 11.3 Å². The Labute approximate surface area is 230 Å². The normalized spacial score (nSPS) is 20.4. The average molecular weight is 584 g/mol. The molecule has 2 atom stereocenters. The van der Waals surface area contributed by atoms with E-state index in [1.807, 2.05) is 0 Å². The number of rotatable bonds is 9. The number of carbonyl (C=O) groups is 3. The van der Waals surface area contributed by atoms with Gasteiger partial charge in [0.2, 0.25) is 21.8 Å². The van der Waals surface area contributed by atoms with Gasteiger partial charge in [0.1, 0.15) is 17.4 Å². The van der Waals surface area contributed by atoms with Gasteiger partial charge in [-0.1, -0.05) is 16.8 Å². The van der Waals surface area contributed by atoms with E-state index >= 15 is 0 Å². The standard InChI is InChI=1S/C24H30ClN5O6S2/c1-15-22(16(2)36-27-15)23(32)26-13-17-5-3-11-30(17)21(31)14-29-10-4-6-19(24(29)33)28-38(34,35)12-9-18-7-8-20(25)37-18/h7-9,12,17,19,28H,3-6,10-11,13-14H2,1-2H3,(H,26,32)/b12-9+/t17-,19-/m0/s1. The Kier molecular flexibility index (Phi) is 8.91. The number of amides is 3. The number of aryl methyl sites for hydroxylation is 2. The first-order valence-corrected chi connectivity index (χ1v) is 15.0. The Morgan fingerprint density at radius 1 is 1.24 bits per heavy atom. The predicted octanol–water partition coefficient (Wildman–Crippen LogP) is 2.31. The van der Waals surface area contributed by atoms with E-state index in [2.05, 4.69) is 15.2 Å². The largest absolute Gasteiger partial charge is 0.361 e.